The molecule has 1 fully saturated rings. The first-order valence-corrected chi connectivity index (χ1v) is 8.96. The van der Waals surface area contributed by atoms with Crippen molar-refractivity contribution in [3.05, 3.63) is 27.3 Å². The van der Waals surface area contributed by atoms with Gasteiger partial charge in [0.15, 0.2) is 6.23 Å². The number of aromatic nitrogens is 2. The number of benzene rings is 1. The van der Waals surface area contributed by atoms with Gasteiger partial charge in [0.1, 0.15) is 0 Å². The summed E-state index contributed by atoms with van der Waals surface area (Å²) < 4.78 is 8.79. The highest BCUT2D eigenvalue weighted by Gasteiger charge is 2.21. The van der Waals surface area contributed by atoms with Gasteiger partial charge in [-0.15, -0.1) is 0 Å². The van der Waals surface area contributed by atoms with Crippen LogP contribution in [0.4, 0.5) is 0 Å². The third-order valence-corrected chi connectivity index (χ3v) is 5.39. The van der Waals surface area contributed by atoms with Gasteiger partial charge in [-0.3, -0.25) is 0 Å². The Balaban J connectivity index is 1.95. The molecular formula is C16H20BrClN2O2. The third-order valence-electron chi connectivity index (χ3n) is 4.15. The van der Waals surface area contributed by atoms with Gasteiger partial charge >= 0.3 is 0 Å². The maximum absolute atomic E-state index is 8.93. The zero-order valence-corrected chi connectivity index (χ0v) is 14.7. The molecule has 1 atom stereocenters. The average molecular weight is 388 g/mol. The zero-order valence-electron chi connectivity index (χ0n) is 12.4. The van der Waals surface area contributed by atoms with Crippen molar-refractivity contribution in [2.45, 2.75) is 44.8 Å². The second-order valence-corrected chi connectivity index (χ2v) is 6.88. The van der Waals surface area contributed by atoms with Crippen molar-refractivity contribution in [1.82, 2.24) is 9.78 Å². The summed E-state index contributed by atoms with van der Waals surface area (Å²) >= 11 is 10.2. The lowest BCUT2D eigenvalue weighted by molar-refractivity contribution is -0.0366. The van der Waals surface area contributed by atoms with Crippen LogP contribution >= 0.6 is 27.5 Å². The van der Waals surface area contributed by atoms with Crippen LogP contribution in [0, 0.1) is 0 Å². The van der Waals surface area contributed by atoms with Crippen molar-refractivity contribution in [3.63, 3.8) is 0 Å². The highest BCUT2D eigenvalue weighted by molar-refractivity contribution is 9.10. The number of aliphatic hydroxyl groups excluding tert-OH is 1. The summed E-state index contributed by atoms with van der Waals surface area (Å²) in [4.78, 5) is 0. The molecule has 0 spiro atoms. The number of halogens is 2. The van der Waals surface area contributed by atoms with Gasteiger partial charge in [-0.1, -0.05) is 11.6 Å². The summed E-state index contributed by atoms with van der Waals surface area (Å²) in [6.45, 7) is 1.01. The van der Waals surface area contributed by atoms with Crippen molar-refractivity contribution in [3.8, 4) is 0 Å². The molecular weight excluding hydrogens is 368 g/mol. The third kappa shape index (κ3) is 3.18. The fourth-order valence-electron chi connectivity index (χ4n) is 2.95. The summed E-state index contributed by atoms with van der Waals surface area (Å²) in [6.07, 6.45) is 7.72. The van der Waals surface area contributed by atoms with E-state index in [2.05, 4.69) is 21.0 Å². The van der Waals surface area contributed by atoms with Gasteiger partial charge in [0.25, 0.3) is 0 Å². The summed E-state index contributed by atoms with van der Waals surface area (Å²) in [5, 5.41) is 15.3. The number of fused-ring (bicyclic) bond motifs is 1. The van der Waals surface area contributed by atoms with E-state index in [0.29, 0.717) is 0 Å². The van der Waals surface area contributed by atoms with Gasteiger partial charge < -0.3 is 9.84 Å². The van der Waals surface area contributed by atoms with Crippen LogP contribution in [0.1, 0.15) is 43.9 Å². The molecule has 0 amide bonds. The summed E-state index contributed by atoms with van der Waals surface area (Å²) in [5.41, 5.74) is 2.10. The molecule has 2 aromatic rings. The van der Waals surface area contributed by atoms with Gasteiger partial charge in [0.05, 0.1) is 11.7 Å². The lowest BCUT2D eigenvalue weighted by Crippen LogP contribution is -2.18. The van der Waals surface area contributed by atoms with Gasteiger partial charge in [-0.2, -0.15) is 5.10 Å². The fraction of sp³-hybridized carbons (Fsp3) is 0.562. The highest BCUT2D eigenvalue weighted by Crippen LogP contribution is 2.36. The minimum Gasteiger partial charge on any atom is -0.396 e. The zero-order chi connectivity index (χ0) is 15.5. The van der Waals surface area contributed by atoms with Crippen LogP contribution in [-0.2, 0) is 11.2 Å². The molecule has 2 heterocycles. The molecule has 1 unspecified atom stereocenters. The second kappa shape index (κ2) is 7.30. The Morgan fingerprint density at radius 1 is 1.41 bits per heavy atom. The lowest BCUT2D eigenvalue weighted by atomic mass is 10.1. The normalized spacial score (nSPS) is 19.0. The minimum absolute atomic E-state index is 0.00876. The SMILES string of the molecule is OCCCCc1c(Cl)cc2c(cnn2C2CCCCO2)c1Br. The first-order valence-electron chi connectivity index (χ1n) is 7.79. The van der Waals surface area contributed by atoms with Crippen molar-refractivity contribution >= 4 is 38.4 Å². The van der Waals surface area contributed by atoms with Crippen LogP contribution in [0.5, 0.6) is 0 Å². The maximum atomic E-state index is 8.93. The smallest absolute Gasteiger partial charge is 0.150 e. The Bertz CT molecular complexity index is 653. The molecule has 0 radical (unpaired) electrons. The van der Waals surface area contributed by atoms with Crippen molar-refractivity contribution in [2.24, 2.45) is 0 Å². The van der Waals surface area contributed by atoms with E-state index in [0.717, 1.165) is 64.7 Å². The Morgan fingerprint density at radius 2 is 2.27 bits per heavy atom. The molecule has 4 nitrogen and oxygen atoms in total. The van der Waals surface area contributed by atoms with E-state index >= 15 is 0 Å². The van der Waals surface area contributed by atoms with Crippen molar-refractivity contribution in [2.75, 3.05) is 13.2 Å². The van der Waals surface area contributed by atoms with Crippen LogP contribution in [0.25, 0.3) is 10.9 Å². The monoisotopic (exact) mass is 386 g/mol. The summed E-state index contributed by atoms with van der Waals surface area (Å²) in [5.74, 6) is 0. The molecule has 1 aromatic heterocycles. The molecule has 1 N–H and O–H groups in total. The van der Waals surface area contributed by atoms with Gasteiger partial charge in [-0.25, -0.2) is 4.68 Å². The van der Waals surface area contributed by atoms with Crippen LogP contribution in [0.15, 0.2) is 16.7 Å². The number of aliphatic hydroxyl groups is 1. The molecule has 1 saturated heterocycles. The van der Waals surface area contributed by atoms with Crippen LogP contribution in [0.3, 0.4) is 0 Å². The topological polar surface area (TPSA) is 47.3 Å². The Labute approximate surface area is 143 Å². The lowest BCUT2D eigenvalue weighted by Gasteiger charge is -2.23. The van der Waals surface area contributed by atoms with E-state index < -0.39 is 0 Å². The standard InChI is InChI=1S/C16H20BrClN2O2/c17-16-11(5-1-3-7-21)13(18)9-14-12(16)10-19-20(14)15-6-2-4-8-22-15/h9-10,15,21H,1-8H2. The van der Waals surface area contributed by atoms with E-state index in [-0.39, 0.29) is 12.8 Å². The Hall–Kier alpha value is -0.620. The number of unbranched alkanes of at least 4 members (excludes halogenated alkanes) is 1. The summed E-state index contributed by atoms with van der Waals surface area (Å²) in [7, 11) is 0. The van der Waals surface area contributed by atoms with Crippen molar-refractivity contribution < 1.29 is 9.84 Å². The van der Waals surface area contributed by atoms with Gasteiger partial charge in [0, 0.05) is 28.1 Å². The second-order valence-electron chi connectivity index (χ2n) is 5.67. The van der Waals surface area contributed by atoms with Crippen LogP contribution in [0.2, 0.25) is 5.02 Å². The number of rotatable bonds is 5. The fourth-order valence-corrected chi connectivity index (χ4v) is 4.07. The van der Waals surface area contributed by atoms with Crippen molar-refractivity contribution in [1.29, 1.82) is 0 Å². The first-order chi connectivity index (χ1) is 10.7. The van der Waals surface area contributed by atoms with Gasteiger partial charge in [-0.05, 0) is 66.1 Å². The average Bonchev–Trinajstić information content (AvgIpc) is 2.95. The molecule has 1 aliphatic rings. The molecule has 6 heteroatoms. The molecule has 0 saturated carbocycles. The molecule has 0 aliphatic carbocycles. The quantitative estimate of drug-likeness (QED) is 0.770. The highest BCUT2D eigenvalue weighted by atomic mass is 79.9. The summed E-state index contributed by atoms with van der Waals surface area (Å²) in [6, 6.07) is 1.99. The number of hydrogen-bond acceptors (Lipinski definition) is 3. The molecule has 3 rings (SSSR count). The molecule has 22 heavy (non-hydrogen) atoms. The Kier molecular flexibility index (Phi) is 5.39. The molecule has 1 aromatic carbocycles. The molecule has 120 valence electrons. The van der Waals surface area contributed by atoms with E-state index in [1.807, 2.05) is 16.9 Å². The number of ether oxygens (including phenoxy) is 1. The van der Waals surface area contributed by atoms with Crippen LogP contribution < -0.4 is 0 Å². The maximum Gasteiger partial charge on any atom is 0.150 e. The van der Waals surface area contributed by atoms with E-state index in [4.69, 9.17) is 21.4 Å². The minimum atomic E-state index is 0.00876. The van der Waals surface area contributed by atoms with E-state index in [9.17, 15) is 0 Å². The molecule has 1 aliphatic heterocycles. The Morgan fingerprint density at radius 3 is 3.00 bits per heavy atom. The largest absolute Gasteiger partial charge is 0.396 e. The number of nitrogens with zero attached hydrogens (tertiary/aromatic N) is 2. The number of hydrogen-bond donors (Lipinski definition) is 1. The predicted molar refractivity (Wildman–Crippen MR) is 91.3 cm³/mol. The van der Waals surface area contributed by atoms with E-state index in [1.54, 1.807) is 0 Å². The first kappa shape index (κ1) is 16.2. The predicted octanol–water partition coefficient (Wildman–Crippen LogP) is 4.47. The molecule has 0 bridgehead atoms. The van der Waals surface area contributed by atoms with E-state index in [1.165, 1.54) is 6.42 Å². The van der Waals surface area contributed by atoms with Gasteiger partial charge in [0.2, 0.25) is 0 Å². The van der Waals surface area contributed by atoms with Crippen LogP contribution in [-0.4, -0.2) is 28.1 Å².